The van der Waals surface area contributed by atoms with E-state index < -0.39 is 6.10 Å². The first-order chi connectivity index (χ1) is 10.7. The van der Waals surface area contributed by atoms with Gasteiger partial charge in [0.2, 0.25) is 6.10 Å². The van der Waals surface area contributed by atoms with Crippen molar-refractivity contribution in [2.24, 2.45) is 5.16 Å². The number of carbonyl (C=O) groups is 1. The second-order valence-electron chi connectivity index (χ2n) is 6.04. The number of hydrogen-bond acceptors (Lipinski definition) is 3. The average molecular weight is 304 g/mol. The first kappa shape index (κ1) is 15.0. The molecule has 4 nitrogen and oxygen atoms in total. The summed E-state index contributed by atoms with van der Waals surface area (Å²) in [4.78, 5) is 17.6. The maximum Gasteiger partial charge on any atom is 0.264 e. The summed E-state index contributed by atoms with van der Waals surface area (Å²) in [6, 6.07) is 6.34. The van der Waals surface area contributed by atoms with Gasteiger partial charge in [-0.2, -0.15) is 0 Å². The standard InChI is InChI=1S/C17H21FN2O2/c18-13-9-7-12(8-10-13)15-11-16(22-20-15)17(21)19-14-5-3-1-2-4-6-14/h7-10,14,16H,1-6,11H2,(H,19,21). The number of nitrogens with one attached hydrogen (secondary N) is 1. The third kappa shape index (κ3) is 3.64. The maximum atomic E-state index is 12.9. The molecule has 1 aliphatic carbocycles. The smallest absolute Gasteiger partial charge is 0.264 e. The Hall–Kier alpha value is -1.91. The van der Waals surface area contributed by atoms with Gasteiger partial charge in [-0.25, -0.2) is 4.39 Å². The molecule has 1 saturated carbocycles. The third-order valence-electron chi connectivity index (χ3n) is 4.34. The minimum atomic E-state index is -0.566. The molecule has 1 aromatic rings. The molecule has 0 aromatic heterocycles. The van der Waals surface area contributed by atoms with Crippen LogP contribution in [-0.2, 0) is 9.63 Å². The molecule has 1 fully saturated rings. The molecule has 2 aliphatic rings. The van der Waals surface area contributed by atoms with Gasteiger partial charge in [0.1, 0.15) is 5.82 Å². The van der Waals surface area contributed by atoms with Gasteiger partial charge in [0.15, 0.2) is 0 Å². The molecule has 22 heavy (non-hydrogen) atoms. The van der Waals surface area contributed by atoms with Crippen molar-refractivity contribution in [3.63, 3.8) is 0 Å². The van der Waals surface area contributed by atoms with Crippen molar-refractivity contribution in [3.8, 4) is 0 Å². The summed E-state index contributed by atoms with van der Waals surface area (Å²) in [6.45, 7) is 0. The summed E-state index contributed by atoms with van der Waals surface area (Å²) in [5.74, 6) is -0.376. The lowest BCUT2D eigenvalue weighted by Crippen LogP contribution is -2.41. The Morgan fingerprint density at radius 3 is 2.50 bits per heavy atom. The van der Waals surface area contributed by atoms with E-state index in [0.717, 1.165) is 18.4 Å². The molecule has 118 valence electrons. The highest BCUT2D eigenvalue weighted by Gasteiger charge is 2.30. The predicted molar refractivity (Wildman–Crippen MR) is 82.1 cm³/mol. The van der Waals surface area contributed by atoms with Crippen LogP contribution in [0.15, 0.2) is 29.4 Å². The number of oxime groups is 1. The molecule has 0 radical (unpaired) electrons. The largest absolute Gasteiger partial charge is 0.382 e. The van der Waals surface area contributed by atoms with Crippen LogP contribution in [0.5, 0.6) is 0 Å². The minimum Gasteiger partial charge on any atom is -0.382 e. The quantitative estimate of drug-likeness (QED) is 0.872. The molecule has 1 N–H and O–H groups in total. The molecule has 1 aliphatic heterocycles. The average Bonchev–Trinajstić information content (AvgIpc) is 2.88. The summed E-state index contributed by atoms with van der Waals surface area (Å²) in [7, 11) is 0. The van der Waals surface area contributed by atoms with Gasteiger partial charge in [-0.15, -0.1) is 0 Å². The van der Waals surface area contributed by atoms with E-state index in [9.17, 15) is 9.18 Å². The highest BCUT2D eigenvalue weighted by Crippen LogP contribution is 2.20. The Morgan fingerprint density at radius 2 is 1.82 bits per heavy atom. The zero-order valence-corrected chi connectivity index (χ0v) is 12.6. The first-order valence-corrected chi connectivity index (χ1v) is 8.01. The van der Waals surface area contributed by atoms with Crippen LogP contribution in [0, 0.1) is 5.82 Å². The second-order valence-corrected chi connectivity index (χ2v) is 6.04. The van der Waals surface area contributed by atoms with Gasteiger partial charge >= 0.3 is 0 Å². The number of hydrogen-bond donors (Lipinski definition) is 1. The molecule has 1 unspecified atom stereocenters. The lowest BCUT2D eigenvalue weighted by atomic mass is 10.0. The van der Waals surface area contributed by atoms with Crippen LogP contribution < -0.4 is 5.32 Å². The van der Waals surface area contributed by atoms with E-state index in [0.29, 0.717) is 12.1 Å². The van der Waals surface area contributed by atoms with E-state index in [1.54, 1.807) is 12.1 Å². The molecule has 0 saturated heterocycles. The highest BCUT2D eigenvalue weighted by atomic mass is 19.1. The number of halogens is 1. The monoisotopic (exact) mass is 304 g/mol. The molecule has 1 heterocycles. The van der Waals surface area contributed by atoms with Crippen LogP contribution in [-0.4, -0.2) is 23.8 Å². The van der Waals surface area contributed by atoms with Crippen LogP contribution in [0.3, 0.4) is 0 Å². The minimum absolute atomic E-state index is 0.0900. The van der Waals surface area contributed by atoms with Crippen LogP contribution in [0.1, 0.15) is 50.5 Å². The lowest BCUT2D eigenvalue weighted by molar-refractivity contribution is -0.132. The van der Waals surface area contributed by atoms with Crippen molar-refractivity contribution in [3.05, 3.63) is 35.6 Å². The van der Waals surface area contributed by atoms with Crippen LogP contribution >= 0.6 is 0 Å². The molecule has 0 spiro atoms. The normalized spacial score (nSPS) is 22.6. The number of carbonyl (C=O) groups excluding carboxylic acids is 1. The predicted octanol–water partition coefficient (Wildman–Crippen LogP) is 3.16. The fourth-order valence-electron chi connectivity index (χ4n) is 3.05. The van der Waals surface area contributed by atoms with E-state index >= 15 is 0 Å². The van der Waals surface area contributed by atoms with Gasteiger partial charge in [0.25, 0.3) is 5.91 Å². The molecular weight excluding hydrogens is 283 g/mol. The van der Waals surface area contributed by atoms with Crippen LogP contribution in [0.4, 0.5) is 4.39 Å². The SMILES string of the molecule is O=C(NC1CCCCCC1)C1CC(c2ccc(F)cc2)=NO1. The van der Waals surface area contributed by atoms with E-state index in [-0.39, 0.29) is 17.8 Å². The van der Waals surface area contributed by atoms with Crippen molar-refractivity contribution in [1.29, 1.82) is 0 Å². The fraction of sp³-hybridized carbons (Fsp3) is 0.529. The van der Waals surface area contributed by atoms with Crippen molar-refractivity contribution in [2.75, 3.05) is 0 Å². The molecule has 1 amide bonds. The molecule has 0 bridgehead atoms. The summed E-state index contributed by atoms with van der Waals surface area (Å²) in [5.41, 5.74) is 1.49. The molecule has 1 atom stereocenters. The number of rotatable bonds is 3. The van der Waals surface area contributed by atoms with Crippen molar-refractivity contribution in [1.82, 2.24) is 5.32 Å². The molecule has 1 aromatic carbocycles. The molecular formula is C17H21FN2O2. The summed E-state index contributed by atoms with van der Waals surface area (Å²) in [6.07, 6.45) is 6.82. The van der Waals surface area contributed by atoms with Gasteiger partial charge < -0.3 is 10.2 Å². The Morgan fingerprint density at radius 1 is 1.14 bits per heavy atom. The zero-order valence-electron chi connectivity index (χ0n) is 12.6. The zero-order chi connectivity index (χ0) is 15.4. The van der Waals surface area contributed by atoms with E-state index in [1.807, 2.05) is 0 Å². The summed E-state index contributed by atoms with van der Waals surface area (Å²) in [5, 5.41) is 7.07. The maximum absolute atomic E-state index is 12.9. The Balaban J connectivity index is 1.54. The molecule has 5 heteroatoms. The Bertz CT molecular complexity index is 548. The first-order valence-electron chi connectivity index (χ1n) is 8.01. The second kappa shape index (κ2) is 6.90. The lowest BCUT2D eigenvalue weighted by Gasteiger charge is -2.18. The third-order valence-corrected chi connectivity index (χ3v) is 4.34. The topological polar surface area (TPSA) is 50.7 Å². The van der Waals surface area contributed by atoms with Gasteiger partial charge in [0, 0.05) is 12.5 Å². The van der Waals surface area contributed by atoms with Crippen LogP contribution in [0.25, 0.3) is 0 Å². The van der Waals surface area contributed by atoms with E-state index in [2.05, 4.69) is 10.5 Å². The van der Waals surface area contributed by atoms with Gasteiger partial charge in [-0.1, -0.05) is 43.0 Å². The number of benzene rings is 1. The van der Waals surface area contributed by atoms with Gasteiger partial charge in [-0.3, -0.25) is 4.79 Å². The number of nitrogens with zero attached hydrogens (tertiary/aromatic N) is 1. The summed E-state index contributed by atoms with van der Waals surface area (Å²) >= 11 is 0. The van der Waals surface area contributed by atoms with Crippen molar-refractivity contribution < 1.29 is 14.0 Å². The number of amides is 1. The Labute approximate surface area is 129 Å². The van der Waals surface area contributed by atoms with E-state index in [4.69, 9.17) is 4.84 Å². The Kier molecular flexibility index (Phi) is 4.71. The van der Waals surface area contributed by atoms with Crippen LogP contribution in [0.2, 0.25) is 0 Å². The highest BCUT2D eigenvalue weighted by molar-refractivity contribution is 6.04. The fourth-order valence-corrected chi connectivity index (χ4v) is 3.05. The van der Waals surface area contributed by atoms with Crippen molar-refractivity contribution >= 4 is 11.6 Å². The molecule has 3 rings (SSSR count). The van der Waals surface area contributed by atoms with Gasteiger partial charge in [0.05, 0.1) is 5.71 Å². The van der Waals surface area contributed by atoms with E-state index in [1.165, 1.54) is 37.8 Å². The van der Waals surface area contributed by atoms with Crippen molar-refractivity contribution in [2.45, 2.75) is 57.1 Å². The summed E-state index contributed by atoms with van der Waals surface area (Å²) < 4.78 is 12.9. The van der Waals surface area contributed by atoms with Gasteiger partial charge in [-0.05, 0) is 30.5 Å².